The number of methoxy groups -OCH3 is 2. The summed E-state index contributed by atoms with van der Waals surface area (Å²) in [5, 5.41) is 5.34. The van der Waals surface area contributed by atoms with Gasteiger partial charge in [-0.15, -0.1) is 0 Å². The standard InChI is InChI=1S/C44H55FN8O8/c1-22(2)36(50-42(56)58-8)40(54)52-12-13-60-21-33(52)39-46-18-30(48-39)25-10-11-34-27(15-25)44(6,7)28-17-29(45)26(16-35(28)61-34)31-19-47-38(49-31)32-14-24(5)20-53(32)41(55)37(23(3)4)51-43(57)59-9/h10-11,15-19,22-24,32-33,36-37H,12-14,20-21H2,1-9H3,(H,46,48)(H,47,49)(H,50,56)(H,51,57)/t24?,32-,33?,36-,37-/m0/s1. The summed E-state index contributed by atoms with van der Waals surface area (Å²) in [4.78, 5) is 71.2. The van der Waals surface area contributed by atoms with Crippen molar-refractivity contribution in [3.63, 3.8) is 0 Å². The highest BCUT2D eigenvalue weighted by Gasteiger charge is 2.41. The third-order valence-corrected chi connectivity index (χ3v) is 12.0. The van der Waals surface area contributed by atoms with Gasteiger partial charge in [0.1, 0.15) is 47.1 Å². The van der Waals surface area contributed by atoms with Gasteiger partial charge in [0.2, 0.25) is 11.8 Å². The summed E-state index contributed by atoms with van der Waals surface area (Å²) in [6.07, 6.45) is 2.63. The fraction of sp³-hybridized carbons (Fsp3) is 0.500. The average Bonchev–Trinajstić information content (AvgIpc) is 4.02. The van der Waals surface area contributed by atoms with E-state index in [1.807, 2.05) is 59.7 Å². The zero-order valence-corrected chi connectivity index (χ0v) is 36.1. The van der Waals surface area contributed by atoms with Crippen molar-refractivity contribution in [2.24, 2.45) is 17.8 Å². The van der Waals surface area contributed by atoms with Gasteiger partial charge in [0.05, 0.1) is 51.1 Å². The van der Waals surface area contributed by atoms with E-state index in [-0.39, 0.29) is 41.7 Å². The summed E-state index contributed by atoms with van der Waals surface area (Å²) in [5.74, 6) is 1.02. The lowest BCUT2D eigenvalue weighted by atomic mass is 9.75. The number of rotatable bonds is 10. The number of hydrogen-bond acceptors (Lipinski definition) is 10. The first-order chi connectivity index (χ1) is 29.0. The number of alkyl carbamates (subject to hydrolysis) is 2. The van der Waals surface area contributed by atoms with Crippen molar-refractivity contribution in [2.75, 3.05) is 40.5 Å². The Bertz CT molecular complexity index is 2310. The van der Waals surface area contributed by atoms with E-state index in [4.69, 9.17) is 23.9 Å². The Morgan fingerprint density at radius 1 is 0.902 bits per heavy atom. The van der Waals surface area contributed by atoms with E-state index in [0.29, 0.717) is 66.2 Å². The predicted octanol–water partition coefficient (Wildman–Crippen LogP) is 6.61. The number of H-pyrrole nitrogens is 2. The Balaban J connectivity index is 1.12. The molecule has 61 heavy (non-hydrogen) atoms. The van der Waals surface area contributed by atoms with Gasteiger partial charge in [-0.3, -0.25) is 9.59 Å². The molecule has 2 aromatic heterocycles. The molecule has 17 heteroatoms. The summed E-state index contributed by atoms with van der Waals surface area (Å²) in [7, 11) is 2.52. The van der Waals surface area contributed by atoms with E-state index in [2.05, 4.69) is 32.5 Å². The number of hydrogen-bond donors (Lipinski definition) is 4. The van der Waals surface area contributed by atoms with Crippen LogP contribution in [-0.2, 0) is 29.2 Å². The van der Waals surface area contributed by atoms with Gasteiger partial charge in [0, 0.05) is 47.0 Å². The van der Waals surface area contributed by atoms with Crippen molar-refractivity contribution < 1.29 is 42.5 Å². The van der Waals surface area contributed by atoms with Crippen LogP contribution < -0.4 is 15.4 Å². The molecule has 0 radical (unpaired) electrons. The first kappa shape index (κ1) is 43.1. The number of morpholine rings is 1. The molecular formula is C44H55FN8O8. The molecule has 326 valence electrons. The number of ether oxygens (including phenoxy) is 4. The zero-order chi connectivity index (χ0) is 43.9. The number of halogens is 1. The van der Waals surface area contributed by atoms with Crippen LogP contribution >= 0.6 is 0 Å². The molecule has 2 saturated heterocycles. The van der Waals surface area contributed by atoms with E-state index in [1.54, 1.807) is 28.3 Å². The van der Waals surface area contributed by atoms with Crippen LogP contribution in [0.2, 0.25) is 0 Å². The molecule has 0 spiro atoms. The van der Waals surface area contributed by atoms with Crippen LogP contribution in [0.5, 0.6) is 11.5 Å². The number of imidazole rings is 2. The van der Waals surface area contributed by atoms with Crippen molar-refractivity contribution in [1.29, 1.82) is 0 Å². The average molecular weight is 843 g/mol. The number of nitrogens with one attached hydrogen (secondary N) is 4. The number of aromatic amines is 2. The number of benzene rings is 2. The Hall–Kier alpha value is -5.97. The number of likely N-dealkylation sites (tertiary alicyclic amines) is 1. The molecule has 4 N–H and O–H groups in total. The summed E-state index contributed by atoms with van der Waals surface area (Å²) in [5.41, 5.74) is 2.96. The summed E-state index contributed by atoms with van der Waals surface area (Å²) in [6.45, 7) is 14.9. The number of carbonyl (C=O) groups excluding carboxylic acids is 4. The third kappa shape index (κ3) is 8.39. The van der Waals surface area contributed by atoms with Crippen LogP contribution in [0.15, 0.2) is 42.7 Å². The second-order valence-electron chi connectivity index (χ2n) is 17.3. The van der Waals surface area contributed by atoms with Gasteiger partial charge in [-0.05, 0) is 54.5 Å². The van der Waals surface area contributed by atoms with Gasteiger partial charge in [-0.25, -0.2) is 23.9 Å². The molecular weight excluding hydrogens is 788 g/mol. The number of carbonyl (C=O) groups is 4. The Kier molecular flexibility index (Phi) is 12.2. The van der Waals surface area contributed by atoms with Crippen LogP contribution in [0, 0.1) is 23.6 Å². The quantitative estimate of drug-likeness (QED) is 0.135. The Morgan fingerprint density at radius 3 is 2.21 bits per heavy atom. The molecule has 3 aliphatic heterocycles. The second kappa shape index (κ2) is 17.2. The van der Waals surface area contributed by atoms with E-state index < -0.39 is 47.6 Å². The van der Waals surface area contributed by atoms with Crippen LogP contribution in [-0.4, -0.2) is 106 Å². The molecule has 0 aliphatic carbocycles. The first-order valence-electron chi connectivity index (χ1n) is 20.7. The van der Waals surface area contributed by atoms with Crippen molar-refractivity contribution >= 4 is 24.0 Å². The fourth-order valence-corrected chi connectivity index (χ4v) is 8.56. The van der Waals surface area contributed by atoms with Gasteiger partial charge >= 0.3 is 12.2 Å². The van der Waals surface area contributed by atoms with Crippen LogP contribution in [0.4, 0.5) is 14.0 Å². The first-order valence-corrected chi connectivity index (χ1v) is 20.7. The predicted molar refractivity (Wildman–Crippen MR) is 222 cm³/mol. The molecule has 0 saturated carbocycles. The van der Waals surface area contributed by atoms with Crippen molar-refractivity contribution in [3.8, 4) is 34.0 Å². The lowest BCUT2D eigenvalue weighted by Crippen LogP contribution is -2.54. The smallest absolute Gasteiger partial charge is 0.407 e. The normalized spacial score (nSPS) is 20.4. The van der Waals surface area contributed by atoms with Gasteiger partial charge in [-0.1, -0.05) is 48.5 Å². The molecule has 3 aliphatic rings. The van der Waals surface area contributed by atoms with E-state index in [1.165, 1.54) is 20.3 Å². The zero-order valence-electron chi connectivity index (χ0n) is 36.1. The maximum Gasteiger partial charge on any atom is 0.407 e. The molecule has 4 amide bonds. The molecule has 5 heterocycles. The molecule has 2 unspecified atom stereocenters. The van der Waals surface area contributed by atoms with Crippen molar-refractivity contribution in [3.05, 3.63) is 71.3 Å². The van der Waals surface area contributed by atoms with Gasteiger partial charge in [0.25, 0.3) is 0 Å². The van der Waals surface area contributed by atoms with Gasteiger partial charge in [0.15, 0.2) is 0 Å². The lowest BCUT2D eigenvalue weighted by molar-refractivity contribution is -0.143. The highest BCUT2D eigenvalue weighted by molar-refractivity contribution is 5.87. The van der Waals surface area contributed by atoms with Gasteiger partial charge < -0.3 is 49.3 Å². The van der Waals surface area contributed by atoms with Gasteiger partial charge in [-0.2, -0.15) is 0 Å². The highest BCUT2D eigenvalue weighted by atomic mass is 19.1. The van der Waals surface area contributed by atoms with Crippen LogP contribution in [0.25, 0.3) is 22.5 Å². The van der Waals surface area contributed by atoms with E-state index in [9.17, 15) is 19.2 Å². The lowest BCUT2D eigenvalue weighted by Gasteiger charge is -2.37. The number of aromatic nitrogens is 4. The SMILES string of the molecule is COC(=O)N[C@H](C(=O)N1CCOCC1c1nc(-c2ccc3c(c2)C(C)(C)c2cc(F)c(-c4cnc([C@@H]5CC(C)CN5C(=O)[C@@H](NC(=O)OC)C(C)C)[nH]4)cc2O3)c[nH]1)C(C)C. The number of fused-ring (bicyclic) bond motifs is 2. The minimum absolute atomic E-state index is 0.175. The van der Waals surface area contributed by atoms with Crippen molar-refractivity contribution in [1.82, 2.24) is 40.4 Å². The molecule has 16 nitrogen and oxygen atoms in total. The number of amides is 4. The summed E-state index contributed by atoms with van der Waals surface area (Å²) < 4.78 is 38.1. The molecule has 2 aromatic carbocycles. The van der Waals surface area contributed by atoms with E-state index >= 15 is 4.39 Å². The monoisotopic (exact) mass is 842 g/mol. The van der Waals surface area contributed by atoms with Crippen LogP contribution in [0.3, 0.4) is 0 Å². The van der Waals surface area contributed by atoms with Crippen molar-refractivity contribution in [2.45, 2.75) is 84.5 Å². The van der Waals surface area contributed by atoms with E-state index in [0.717, 1.165) is 11.1 Å². The molecule has 7 rings (SSSR count). The fourth-order valence-electron chi connectivity index (χ4n) is 8.56. The molecule has 2 fully saturated rings. The summed E-state index contributed by atoms with van der Waals surface area (Å²) in [6, 6.07) is 6.45. The number of nitrogens with zero attached hydrogens (tertiary/aromatic N) is 4. The maximum atomic E-state index is 16.3. The summed E-state index contributed by atoms with van der Waals surface area (Å²) >= 11 is 0. The Labute approximate surface area is 354 Å². The maximum absolute atomic E-state index is 16.3. The molecule has 4 aromatic rings. The molecule has 0 bridgehead atoms. The van der Waals surface area contributed by atoms with Crippen LogP contribution in [0.1, 0.15) is 89.7 Å². The Morgan fingerprint density at radius 2 is 1.56 bits per heavy atom. The largest absolute Gasteiger partial charge is 0.457 e. The topological polar surface area (TPSA) is 193 Å². The highest BCUT2D eigenvalue weighted by Crippen LogP contribution is 2.50. The minimum atomic E-state index is -0.794. The molecule has 5 atom stereocenters. The second-order valence-corrected chi connectivity index (χ2v) is 17.3. The third-order valence-electron chi connectivity index (χ3n) is 12.0. The minimum Gasteiger partial charge on any atom is -0.457 e.